The average Bonchev–Trinajstić information content (AvgIpc) is 3.12. The van der Waals surface area contributed by atoms with Crippen molar-refractivity contribution in [3.05, 3.63) is 59.5 Å². The van der Waals surface area contributed by atoms with Gasteiger partial charge in [-0.25, -0.2) is 4.99 Å². The molecule has 0 unspecified atom stereocenters. The maximum Gasteiger partial charge on any atom is 0.416 e. The van der Waals surface area contributed by atoms with E-state index in [4.69, 9.17) is 13.9 Å². The highest BCUT2D eigenvalue weighted by molar-refractivity contribution is 6.04. The van der Waals surface area contributed by atoms with Crippen molar-refractivity contribution in [3.8, 4) is 0 Å². The van der Waals surface area contributed by atoms with Crippen LogP contribution in [0.5, 0.6) is 0 Å². The van der Waals surface area contributed by atoms with E-state index in [1.165, 1.54) is 13.4 Å². The minimum absolute atomic E-state index is 0.0408. The molecule has 0 saturated heterocycles. The van der Waals surface area contributed by atoms with Crippen LogP contribution in [-0.2, 0) is 22.2 Å². The summed E-state index contributed by atoms with van der Waals surface area (Å²) in [5.41, 5.74) is -0.795. The first-order valence-corrected chi connectivity index (χ1v) is 7.57. The number of aliphatic imine (C=N–C) groups is 1. The van der Waals surface area contributed by atoms with Crippen molar-refractivity contribution in [1.82, 2.24) is 5.32 Å². The van der Waals surface area contributed by atoms with E-state index in [9.17, 15) is 18.0 Å². The zero-order valence-electron chi connectivity index (χ0n) is 13.9. The highest BCUT2D eigenvalue weighted by Gasteiger charge is 2.30. The lowest BCUT2D eigenvalue weighted by Gasteiger charge is -2.11. The lowest BCUT2D eigenvalue weighted by atomic mass is 10.1. The van der Waals surface area contributed by atoms with Crippen molar-refractivity contribution in [3.63, 3.8) is 0 Å². The molecule has 2 aromatic rings. The van der Waals surface area contributed by atoms with Crippen LogP contribution in [0.1, 0.15) is 21.7 Å². The Kier molecular flexibility index (Phi) is 6.79. The van der Waals surface area contributed by atoms with Crippen LogP contribution in [0.15, 0.2) is 52.1 Å². The van der Waals surface area contributed by atoms with E-state index in [1.807, 2.05) is 0 Å². The molecule has 1 amide bonds. The van der Waals surface area contributed by atoms with Gasteiger partial charge in [-0.1, -0.05) is 0 Å². The Morgan fingerprint density at radius 3 is 2.50 bits per heavy atom. The summed E-state index contributed by atoms with van der Waals surface area (Å²) in [5.74, 6) is -0.0871. The van der Waals surface area contributed by atoms with E-state index in [-0.39, 0.29) is 31.3 Å². The molecule has 1 heterocycles. The lowest BCUT2D eigenvalue weighted by Crippen LogP contribution is -2.33. The average molecular weight is 370 g/mol. The van der Waals surface area contributed by atoms with Crippen LogP contribution in [0.25, 0.3) is 0 Å². The van der Waals surface area contributed by atoms with Crippen LogP contribution < -0.4 is 5.32 Å². The molecule has 26 heavy (non-hydrogen) atoms. The van der Waals surface area contributed by atoms with Gasteiger partial charge in [0.15, 0.2) is 0 Å². The summed E-state index contributed by atoms with van der Waals surface area (Å²) < 4.78 is 53.1. The predicted octanol–water partition coefficient (Wildman–Crippen LogP) is 3.25. The Morgan fingerprint density at radius 2 is 1.92 bits per heavy atom. The van der Waals surface area contributed by atoms with Crippen LogP contribution in [0.3, 0.4) is 0 Å². The molecule has 0 radical (unpaired) electrons. The largest absolute Gasteiger partial charge is 0.467 e. The molecule has 140 valence electrons. The number of ether oxygens (including phenoxy) is 2. The molecule has 2 rings (SSSR count). The Morgan fingerprint density at radius 1 is 1.19 bits per heavy atom. The summed E-state index contributed by atoms with van der Waals surface area (Å²) in [5, 5.41) is 2.42. The van der Waals surface area contributed by atoms with E-state index in [1.54, 1.807) is 12.1 Å². The number of benzene rings is 1. The highest BCUT2D eigenvalue weighted by Crippen LogP contribution is 2.29. The van der Waals surface area contributed by atoms with Gasteiger partial charge >= 0.3 is 6.18 Å². The summed E-state index contributed by atoms with van der Waals surface area (Å²) >= 11 is 0. The number of hydrogen-bond acceptors (Lipinski definition) is 5. The first-order valence-electron chi connectivity index (χ1n) is 7.57. The number of hydrogen-bond donors (Lipinski definition) is 1. The van der Waals surface area contributed by atoms with E-state index in [0.29, 0.717) is 5.76 Å². The van der Waals surface area contributed by atoms with Gasteiger partial charge in [0.25, 0.3) is 11.9 Å². The third-order valence-electron chi connectivity index (χ3n) is 3.18. The van der Waals surface area contributed by atoms with E-state index in [0.717, 1.165) is 24.3 Å². The van der Waals surface area contributed by atoms with Crippen molar-refractivity contribution in [1.29, 1.82) is 0 Å². The number of alkyl halides is 3. The van der Waals surface area contributed by atoms with Gasteiger partial charge in [0.1, 0.15) is 18.9 Å². The van der Waals surface area contributed by atoms with Gasteiger partial charge in [-0.15, -0.1) is 0 Å². The molecule has 0 saturated carbocycles. The molecule has 1 aromatic carbocycles. The molecule has 0 atom stereocenters. The molecule has 0 aliphatic rings. The SMILES string of the molecule is COCCOC(=NCc1ccco1)NC(=O)c1ccc(C(F)(F)F)cc1. The first-order chi connectivity index (χ1) is 12.4. The van der Waals surface area contributed by atoms with E-state index < -0.39 is 17.6 Å². The standard InChI is InChI=1S/C17H17F3N2O4/c1-24-9-10-26-16(21-11-14-3-2-8-25-14)22-15(23)12-4-6-13(7-5-12)17(18,19)20/h2-8H,9-11H2,1H3,(H,21,22,23). The van der Waals surface area contributed by atoms with Crippen LogP contribution in [0.2, 0.25) is 0 Å². The molecule has 0 fully saturated rings. The zero-order chi connectivity index (χ0) is 19.0. The van der Waals surface area contributed by atoms with E-state index in [2.05, 4.69) is 10.3 Å². The van der Waals surface area contributed by atoms with Crippen molar-refractivity contribution in [2.45, 2.75) is 12.7 Å². The zero-order valence-corrected chi connectivity index (χ0v) is 13.9. The van der Waals surface area contributed by atoms with Gasteiger partial charge in [-0.2, -0.15) is 13.2 Å². The smallest absolute Gasteiger partial charge is 0.416 e. The fourth-order valence-corrected chi connectivity index (χ4v) is 1.88. The van der Waals surface area contributed by atoms with Gasteiger partial charge in [-0.3, -0.25) is 10.1 Å². The fourth-order valence-electron chi connectivity index (χ4n) is 1.88. The number of amidine groups is 1. The Hall–Kier alpha value is -2.81. The summed E-state index contributed by atoms with van der Waals surface area (Å²) in [4.78, 5) is 16.3. The Labute approximate surface area is 147 Å². The second-order valence-corrected chi connectivity index (χ2v) is 5.07. The monoisotopic (exact) mass is 370 g/mol. The normalized spacial score (nSPS) is 12.1. The van der Waals surface area contributed by atoms with Crippen molar-refractivity contribution >= 4 is 11.9 Å². The Bertz CT molecular complexity index is 725. The number of carbonyl (C=O) groups is 1. The molecule has 0 bridgehead atoms. The molecule has 6 nitrogen and oxygen atoms in total. The molecule has 0 aliphatic carbocycles. The van der Waals surface area contributed by atoms with Crippen molar-refractivity contribution in [2.75, 3.05) is 20.3 Å². The quantitative estimate of drug-likeness (QED) is 0.481. The van der Waals surface area contributed by atoms with E-state index >= 15 is 0 Å². The topological polar surface area (TPSA) is 73.1 Å². The van der Waals surface area contributed by atoms with Gasteiger partial charge < -0.3 is 13.9 Å². The lowest BCUT2D eigenvalue weighted by molar-refractivity contribution is -0.137. The van der Waals surface area contributed by atoms with Crippen LogP contribution in [-0.4, -0.2) is 32.3 Å². The maximum absolute atomic E-state index is 12.6. The molecule has 9 heteroatoms. The summed E-state index contributed by atoms with van der Waals surface area (Å²) in [6.07, 6.45) is -2.98. The van der Waals surface area contributed by atoms with Crippen molar-refractivity contribution in [2.24, 2.45) is 4.99 Å². The van der Waals surface area contributed by atoms with Crippen LogP contribution in [0, 0.1) is 0 Å². The van der Waals surface area contributed by atoms with Gasteiger partial charge in [0.05, 0.1) is 18.4 Å². The number of rotatable bonds is 6. The summed E-state index contributed by atoms with van der Waals surface area (Å²) in [6.45, 7) is 0.541. The number of furan rings is 1. The van der Waals surface area contributed by atoms with Crippen LogP contribution >= 0.6 is 0 Å². The Balaban J connectivity index is 2.05. The molecule has 0 aliphatic heterocycles. The van der Waals surface area contributed by atoms with Gasteiger partial charge in [0.2, 0.25) is 0 Å². The fraction of sp³-hybridized carbons (Fsp3) is 0.294. The minimum Gasteiger partial charge on any atom is -0.467 e. The predicted molar refractivity (Wildman–Crippen MR) is 86.6 cm³/mol. The third kappa shape index (κ3) is 5.92. The van der Waals surface area contributed by atoms with Gasteiger partial charge in [-0.05, 0) is 36.4 Å². The molecule has 1 N–H and O–H groups in total. The summed E-state index contributed by atoms with van der Waals surface area (Å²) in [6, 6.07) is 7.14. The first kappa shape index (κ1) is 19.5. The van der Waals surface area contributed by atoms with Gasteiger partial charge in [0, 0.05) is 12.7 Å². The molecule has 1 aromatic heterocycles. The number of halogens is 3. The second kappa shape index (κ2) is 9.04. The van der Waals surface area contributed by atoms with Crippen LogP contribution in [0.4, 0.5) is 13.2 Å². The third-order valence-corrected chi connectivity index (χ3v) is 3.18. The van der Waals surface area contributed by atoms with Crippen molar-refractivity contribution < 1.29 is 31.9 Å². The minimum atomic E-state index is -4.46. The molecule has 0 spiro atoms. The number of methoxy groups -OCH3 is 1. The number of carbonyl (C=O) groups excluding carboxylic acids is 1. The molecular weight excluding hydrogens is 353 g/mol. The number of nitrogens with one attached hydrogen (secondary N) is 1. The summed E-state index contributed by atoms with van der Waals surface area (Å²) in [7, 11) is 1.49. The second-order valence-electron chi connectivity index (χ2n) is 5.07. The molecular formula is C17H17F3N2O4. The maximum atomic E-state index is 12.6. The number of nitrogens with zero attached hydrogens (tertiary/aromatic N) is 1. The number of amides is 1. The highest BCUT2D eigenvalue weighted by atomic mass is 19.4.